The fraction of sp³-hybridized carbons (Fsp3) is 0.600. The first-order valence-corrected chi connectivity index (χ1v) is 7.13. The molecule has 0 amide bonds. The molecule has 1 aliphatic rings. The minimum Gasteiger partial charge on any atom is -0.396 e. The smallest absolute Gasteiger partial charge is 0.0456 e. The molecule has 0 radical (unpaired) electrons. The monoisotopic (exact) mass is 267 g/mol. The number of hydrogen-bond donors (Lipinski definition) is 1. The van der Waals surface area contributed by atoms with E-state index in [-0.39, 0.29) is 0 Å². The van der Waals surface area contributed by atoms with Crippen molar-refractivity contribution in [2.45, 2.75) is 26.3 Å². The van der Waals surface area contributed by atoms with Gasteiger partial charge in [-0.1, -0.05) is 30.7 Å². The van der Waals surface area contributed by atoms with E-state index >= 15 is 0 Å². The van der Waals surface area contributed by atoms with Crippen LogP contribution in [0.5, 0.6) is 0 Å². The predicted molar refractivity (Wildman–Crippen MR) is 75.7 cm³/mol. The van der Waals surface area contributed by atoms with Crippen LogP contribution >= 0.6 is 11.6 Å². The summed E-state index contributed by atoms with van der Waals surface area (Å²) in [5, 5.41) is 9.90. The van der Waals surface area contributed by atoms with Crippen LogP contribution in [0.15, 0.2) is 24.3 Å². The van der Waals surface area contributed by atoms with Gasteiger partial charge in [-0.15, -0.1) is 0 Å². The number of aliphatic hydroxyl groups is 1. The van der Waals surface area contributed by atoms with Crippen molar-refractivity contribution in [2.75, 3.05) is 19.7 Å². The molecule has 0 bridgehead atoms. The topological polar surface area (TPSA) is 23.5 Å². The van der Waals surface area contributed by atoms with E-state index < -0.39 is 0 Å². The van der Waals surface area contributed by atoms with E-state index in [1.165, 1.54) is 18.5 Å². The molecule has 1 aromatic rings. The zero-order valence-electron chi connectivity index (χ0n) is 11.0. The van der Waals surface area contributed by atoms with Gasteiger partial charge < -0.3 is 5.11 Å². The minimum absolute atomic E-state index is 0.313. The van der Waals surface area contributed by atoms with E-state index in [0.717, 1.165) is 30.5 Å². The highest BCUT2D eigenvalue weighted by molar-refractivity contribution is 6.30. The lowest BCUT2D eigenvalue weighted by molar-refractivity contribution is 0.210. The van der Waals surface area contributed by atoms with Crippen molar-refractivity contribution in [1.82, 2.24) is 4.90 Å². The van der Waals surface area contributed by atoms with Crippen LogP contribution in [-0.4, -0.2) is 29.7 Å². The van der Waals surface area contributed by atoms with Gasteiger partial charge >= 0.3 is 0 Å². The molecule has 0 aromatic heterocycles. The van der Waals surface area contributed by atoms with Gasteiger partial charge in [0.15, 0.2) is 0 Å². The molecule has 1 aliphatic heterocycles. The van der Waals surface area contributed by atoms with Crippen LogP contribution in [0.1, 0.15) is 25.3 Å². The highest BCUT2D eigenvalue weighted by atomic mass is 35.5. The van der Waals surface area contributed by atoms with E-state index in [1.807, 2.05) is 12.1 Å². The van der Waals surface area contributed by atoms with Gasteiger partial charge in [-0.2, -0.15) is 0 Å². The molecule has 0 aliphatic carbocycles. The van der Waals surface area contributed by atoms with Gasteiger partial charge in [0.25, 0.3) is 0 Å². The summed E-state index contributed by atoms with van der Waals surface area (Å²) in [5.74, 6) is 1.19. The quantitative estimate of drug-likeness (QED) is 0.886. The molecule has 3 heteroatoms. The molecule has 0 spiro atoms. The Labute approximate surface area is 115 Å². The number of benzene rings is 1. The van der Waals surface area contributed by atoms with Gasteiger partial charge in [-0.05, 0) is 48.9 Å². The fourth-order valence-electron chi connectivity index (χ4n) is 2.74. The van der Waals surface area contributed by atoms with Crippen LogP contribution < -0.4 is 0 Å². The van der Waals surface area contributed by atoms with Crippen LogP contribution in [0.2, 0.25) is 5.02 Å². The van der Waals surface area contributed by atoms with Crippen molar-refractivity contribution in [1.29, 1.82) is 0 Å². The molecule has 2 nitrogen and oxygen atoms in total. The first kappa shape index (κ1) is 13.9. The Hall–Kier alpha value is -0.570. The van der Waals surface area contributed by atoms with Gasteiger partial charge in [-0.3, -0.25) is 4.90 Å². The van der Waals surface area contributed by atoms with Crippen LogP contribution in [0.4, 0.5) is 0 Å². The summed E-state index contributed by atoms with van der Waals surface area (Å²) in [4.78, 5) is 2.50. The molecular formula is C15H22ClNO. The Kier molecular flexibility index (Phi) is 5.04. The third-order valence-electron chi connectivity index (χ3n) is 3.74. The van der Waals surface area contributed by atoms with Crippen molar-refractivity contribution in [3.8, 4) is 0 Å². The fourth-order valence-corrected chi connectivity index (χ4v) is 2.87. The number of likely N-dealkylation sites (tertiary alicyclic amines) is 1. The predicted octanol–water partition coefficient (Wildman–Crippen LogP) is 3.18. The molecule has 1 saturated heterocycles. The van der Waals surface area contributed by atoms with Gasteiger partial charge in [0, 0.05) is 24.7 Å². The Balaban J connectivity index is 1.80. The van der Waals surface area contributed by atoms with Gasteiger partial charge in [-0.25, -0.2) is 0 Å². The summed E-state index contributed by atoms with van der Waals surface area (Å²) in [7, 11) is 0. The summed E-state index contributed by atoms with van der Waals surface area (Å²) in [6.07, 6.45) is 2.41. The zero-order chi connectivity index (χ0) is 13.0. The second-order valence-electron chi connectivity index (χ2n) is 5.54. The lowest BCUT2D eigenvalue weighted by Gasteiger charge is -2.17. The maximum atomic E-state index is 9.10. The van der Waals surface area contributed by atoms with Crippen LogP contribution in [-0.2, 0) is 6.54 Å². The van der Waals surface area contributed by atoms with Gasteiger partial charge in [0.1, 0.15) is 0 Å². The van der Waals surface area contributed by atoms with Crippen molar-refractivity contribution < 1.29 is 5.11 Å². The summed E-state index contributed by atoms with van der Waals surface area (Å²) in [6, 6.07) is 8.12. The van der Waals surface area contributed by atoms with E-state index in [1.54, 1.807) is 0 Å². The highest BCUT2D eigenvalue weighted by Gasteiger charge is 2.23. The molecule has 1 aromatic carbocycles. The van der Waals surface area contributed by atoms with Crippen LogP contribution in [0, 0.1) is 11.8 Å². The molecule has 1 heterocycles. The number of aliphatic hydroxyl groups excluding tert-OH is 1. The number of hydrogen-bond acceptors (Lipinski definition) is 2. The van der Waals surface area contributed by atoms with E-state index in [2.05, 4.69) is 24.0 Å². The van der Waals surface area contributed by atoms with Crippen LogP contribution in [0.25, 0.3) is 0 Å². The largest absolute Gasteiger partial charge is 0.396 e. The van der Waals surface area contributed by atoms with E-state index in [4.69, 9.17) is 16.7 Å². The molecule has 1 N–H and O–H groups in total. The summed E-state index contributed by atoms with van der Waals surface area (Å²) < 4.78 is 0. The molecule has 0 saturated carbocycles. The minimum atomic E-state index is 0.313. The number of nitrogens with zero attached hydrogens (tertiary/aromatic N) is 1. The lowest BCUT2D eigenvalue weighted by Crippen LogP contribution is -2.20. The van der Waals surface area contributed by atoms with E-state index in [0.29, 0.717) is 12.5 Å². The average molecular weight is 268 g/mol. The van der Waals surface area contributed by atoms with Crippen molar-refractivity contribution in [3.05, 3.63) is 34.9 Å². The second kappa shape index (κ2) is 6.55. The second-order valence-corrected chi connectivity index (χ2v) is 5.98. The normalized spacial score (nSPS) is 22.3. The molecule has 1 fully saturated rings. The van der Waals surface area contributed by atoms with E-state index in [9.17, 15) is 0 Å². The Bertz CT molecular complexity index is 365. The van der Waals surface area contributed by atoms with Crippen molar-refractivity contribution in [2.24, 2.45) is 11.8 Å². The summed E-state index contributed by atoms with van der Waals surface area (Å²) in [5.41, 5.74) is 1.33. The van der Waals surface area contributed by atoms with Gasteiger partial charge in [0.2, 0.25) is 0 Å². The first-order chi connectivity index (χ1) is 8.67. The maximum Gasteiger partial charge on any atom is 0.0456 e. The Morgan fingerprint density at radius 1 is 1.39 bits per heavy atom. The van der Waals surface area contributed by atoms with Crippen LogP contribution in [0.3, 0.4) is 0 Å². The number of halogens is 1. The van der Waals surface area contributed by atoms with Crippen molar-refractivity contribution >= 4 is 11.6 Å². The Morgan fingerprint density at radius 2 is 2.11 bits per heavy atom. The first-order valence-electron chi connectivity index (χ1n) is 6.75. The van der Waals surface area contributed by atoms with Crippen molar-refractivity contribution in [3.63, 3.8) is 0 Å². The number of rotatable bonds is 5. The molecule has 2 rings (SSSR count). The molecule has 2 atom stereocenters. The highest BCUT2D eigenvalue weighted by Crippen LogP contribution is 2.24. The Morgan fingerprint density at radius 3 is 2.78 bits per heavy atom. The molecule has 100 valence electrons. The molecular weight excluding hydrogens is 246 g/mol. The summed E-state index contributed by atoms with van der Waals surface area (Å²) in [6.45, 7) is 5.79. The zero-order valence-corrected chi connectivity index (χ0v) is 11.7. The third kappa shape index (κ3) is 3.98. The SMILES string of the molecule is CC(CO)CC1CCN(Cc2ccc(Cl)cc2)C1. The maximum absolute atomic E-state index is 9.10. The summed E-state index contributed by atoms with van der Waals surface area (Å²) >= 11 is 5.89. The third-order valence-corrected chi connectivity index (χ3v) is 3.99. The standard InChI is InChI=1S/C15H22ClNO/c1-12(11-18)8-14-6-7-17(10-14)9-13-2-4-15(16)5-3-13/h2-5,12,14,18H,6-11H2,1H3. The lowest BCUT2D eigenvalue weighted by atomic mass is 9.96. The molecule has 2 unspecified atom stereocenters. The van der Waals surface area contributed by atoms with Gasteiger partial charge in [0.05, 0.1) is 0 Å². The molecule has 18 heavy (non-hydrogen) atoms. The average Bonchev–Trinajstić information content (AvgIpc) is 2.79.